The summed E-state index contributed by atoms with van der Waals surface area (Å²) in [5.41, 5.74) is 0. The van der Waals surface area contributed by atoms with E-state index in [4.69, 9.17) is 0 Å². The van der Waals surface area contributed by atoms with Gasteiger partial charge < -0.3 is 0 Å². The van der Waals surface area contributed by atoms with Gasteiger partial charge in [0.25, 0.3) is 0 Å². The van der Waals surface area contributed by atoms with Gasteiger partial charge in [-0.1, -0.05) is 0 Å². The summed E-state index contributed by atoms with van der Waals surface area (Å²) in [4.78, 5) is 0. The molecule has 6 heavy (non-hydrogen) atoms. The molecule has 0 aromatic carbocycles. The van der Waals surface area contributed by atoms with Crippen molar-refractivity contribution in [1.29, 1.82) is 0 Å². The monoisotopic (exact) mass is 305 g/mol. The van der Waals surface area contributed by atoms with Crippen molar-refractivity contribution in [3.05, 3.63) is 0 Å². The summed E-state index contributed by atoms with van der Waals surface area (Å²) in [7, 11) is 0. The molecule has 2 heteroatoms. The topological polar surface area (TPSA) is 0 Å². The first-order chi connectivity index (χ1) is 2.00. The second kappa shape index (κ2) is 3.52. The smallest absolute Gasteiger partial charge is 0.107 e. The van der Waals surface area contributed by atoms with Crippen LogP contribution in [0.3, 0.4) is 0 Å². The van der Waals surface area contributed by atoms with E-state index in [9.17, 15) is 0 Å². The summed E-state index contributed by atoms with van der Waals surface area (Å²) < 4.78 is 0.590. The molecule has 0 aliphatic rings. The van der Waals surface area contributed by atoms with Crippen LogP contribution in [0.4, 0.5) is 0 Å². The van der Waals surface area contributed by atoms with E-state index in [1.54, 1.807) is 22.5 Å². The van der Waals surface area contributed by atoms with E-state index in [2.05, 4.69) is 20.8 Å². The van der Waals surface area contributed by atoms with Crippen LogP contribution in [0.5, 0.6) is 0 Å². The Morgan fingerprint density at radius 2 is 1.17 bits per heavy atom. The van der Waals surface area contributed by atoms with Crippen LogP contribution in [0.1, 0.15) is 20.8 Å². The molecule has 0 bridgehead atoms. The van der Waals surface area contributed by atoms with Crippen LogP contribution < -0.4 is 0 Å². The summed E-state index contributed by atoms with van der Waals surface area (Å²) in [5, 5.41) is 0. The Labute approximate surface area is 70.2 Å². The third-order valence-electron chi connectivity index (χ3n) is 0. The van der Waals surface area contributed by atoms with Crippen molar-refractivity contribution in [3.63, 3.8) is 0 Å². The maximum absolute atomic E-state index is 2.23. The Morgan fingerprint density at radius 3 is 1.17 bits per heavy atom. The van der Waals surface area contributed by atoms with Crippen molar-refractivity contribution < 1.29 is 0 Å². The second-order valence-electron chi connectivity index (χ2n) is 2.25. The number of rotatable bonds is 0. The fourth-order valence-electron chi connectivity index (χ4n) is 0. The van der Waals surface area contributed by atoms with Crippen LogP contribution in [0.15, 0.2) is 0 Å². The number of hydrogen-bond donors (Lipinski definition) is 0. The fourth-order valence-corrected chi connectivity index (χ4v) is 0. The molecule has 0 N–H and O–H groups in total. The largest absolute Gasteiger partial charge is 0.107 e. The van der Waals surface area contributed by atoms with Gasteiger partial charge in [-0.25, -0.2) is 0 Å². The van der Waals surface area contributed by atoms with Gasteiger partial charge in [-0.2, -0.15) is 0 Å². The average molecular weight is 304 g/mol. The first-order valence-corrected chi connectivity index (χ1v) is 3.18. The zero-order valence-corrected chi connectivity index (χ0v) is 9.59. The number of hydrogen-bond acceptors (Lipinski definition) is 0. The molecule has 0 nitrogen and oxygen atoms in total. The van der Waals surface area contributed by atoms with Crippen LogP contribution in [-0.4, -0.2) is 22.5 Å². The molecule has 0 unspecified atom stereocenters. The fraction of sp³-hybridized carbons (Fsp3) is 1.00. The zero-order valence-electron chi connectivity index (χ0n) is 4.41. The Morgan fingerprint density at radius 1 is 1.17 bits per heavy atom. The molecule has 0 aromatic rings. The van der Waals surface area contributed by atoms with Gasteiger partial charge >= 0.3 is 46.7 Å². The maximum Gasteiger partial charge on any atom is -0.107 e. The first kappa shape index (κ1) is 10.5. The minimum atomic E-state index is 0. The molecule has 0 aliphatic heterocycles. The molecular weight excluding hydrogens is 294 g/mol. The van der Waals surface area contributed by atoms with Crippen LogP contribution >= 0.6 is 24.0 Å². The van der Waals surface area contributed by atoms with Gasteiger partial charge in [-0.15, -0.1) is 24.0 Å². The predicted molar refractivity (Wildman–Crippen MR) is 40.9 cm³/mol. The summed E-state index contributed by atoms with van der Waals surface area (Å²) in [6.07, 6.45) is 0. The Bertz CT molecular complexity index is 23.0. The van der Waals surface area contributed by atoms with E-state index in [0.717, 1.165) is 0 Å². The third kappa shape index (κ3) is 48.5. The Kier molecular flexibility index (Phi) is 6.16. The molecule has 0 aliphatic carbocycles. The molecule has 37 valence electrons. The van der Waals surface area contributed by atoms with Crippen LogP contribution in [-0.2, 0) is 0 Å². The van der Waals surface area contributed by atoms with Gasteiger partial charge in [0.05, 0.1) is 0 Å². The van der Waals surface area contributed by atoms with Gasteiger partial charge in [-0.05, 0) is 0 Å². The van der Waals surface area contributed by atoms with Crippen molar-refractivity contribution in [2.24, 2.45) is 0 Å². The van der Waals surface area contributed by atoms with Gasteiger partial charge in [0.1, 0.15) is 0 Å². The van der Waals surface area contributed by atoms with Gasteiger partial charge in [-0.3, -0.25) is 0 Å². The molecular formula is C4H10ISn. The maximum atomic E-state index is 2.23. The van der Waals surface area contributed by atoms with E-state index in [1.807, 2.05) is 0 Å². The molecule has 0 spiro atoms. The molecule has 0 atom stereocenters. The third-order valence-corrected chi connectivity index (χ3v) is 0. The summed E-state index contributed by atoms with van der Waals surface area (Å²) >= 11 is 1.62. The van der Waals surface area contributed by atoms with Gasteiger partial charge in [0, 0.05) is 0 Å². The molecule has 0 rings (SSSR count). The van der Waals surface area contributed by atoms with E-state index in [-0.39, 0.29) is 24.0 Å². The average Bonchev–Trinajstić information content (AvgIpc) is 0.722. The normalized spacial score (nSPS) is 10.0. The standard InChI is InChI=1S/C4H9.HI.Sn/c1-4(2)3;;/h1-3H3;1H;. The second-order valence-corrected chi connectivity index (χ2v) is 6.53. The summed E-state index contributed by atoms with van der Waals surface area (Å²) in [6.45, 7) is 6.68. The van der Waals surface area contributed by atoms with Crippen LogP contribution in [0, 0.1) is 0 Å². The Hall–Kier alpha value is 1.53. The van der Waals surface area contributed by atoms with E-state index in [1.165, 1.54) is 0 Å². The molecule has 0 saturated carbocycles. The van der Waals surface area contributed by atoms with Gasteiger partial charge in [0.2, 0.25) is 0 Å². The van der Waals surface area contributed by atoms with E-state index < -0.39 is 0 Å². The van der Waals surface area contributed by atoms with Crippen LogP contribution in [0.25, 0.3) is 0 Å². The quantitative estimate of drug-likeness (QED) is 0.474. The first-order valence-electron chi connectivity index (χ1n) is 1.75. The van der Waals surface area contributed by atoms with Crippen molar-refractivity contribution in [1.82, 2.24) is 0 Å². The molecule has 0 fully saturated rings. The van der Waals surface area contributed by atoms with E-state index in [0.29, 0.717) is 3.43 Å². The summed E-state index contributed by atoms with van der Waals surface area (Å²) in [5.74, 6) is 0. The molecule has 0 amide bonds. The molecule has 0 aromatic heterocycles. The molecule has 3 radical (unpaired) electrons. The minimum Gasteiger partial charge on any atom is -0.107 e. The van der Waals surface area contributed by atoms with Gasteiger partial charge in [0.15, 0.2) is 0 Å². The SMILES string of the molecule is C[C](C)(C)[Sn].I. The predicted octanol–water partition coefficient (Wildman–Crippen LogP) is 1.99. The summed E-state index contributed by atoms with van der Waals surface area (Å²) in [6, 6.07) is 0. The molecule has 0 saturated heterocycles. The van der Waals surface area contributed by atoms with Crippen molar-refractivity contribution in [2.45, 2.75) is 24.2 Å². The van der Waals surface area contributed by atoms with Crippen molar-refractivity contribution in [2.75, 3.05) is 0 Å². The van der Waals surface area contributed by atoms with Crippen molar-refractivity contribution >= 4 is 46.5 Å². The van der Waals surface area contributed by atoms with E-state index >= 15 is 0 Å². The molecule has 0 heterocycles. The van der Waals surface area contributed by atoms with Crippen LogP contribution in [0.2, 0.25) is 3.43 Å². The minimum absolute atomic E-state index is 0. The van der Waals surface area contributed by atoms with Crippen molar-refractivity contribution in [3.8, 4) is 0 Å². The zero-order chi connectivity index (χ0) is 4.50. The Balaban J connectivity index is 0. The number of halogens is 1.